The number of rotatable bonds is 1. The molecule has 1 aliphatic heterocycles. The van der Waals surface area contributed by atoms with E-state index >= 15 is 0 Å². The van der Waals surface area contributed by atoms with Gasteiger partial charge in [-0.05, 0) is 30.5 Å². The van der Waals surface area contributed by atoms with Gasteiger partial charge in [0.1, 0.15) is 5.82 Å². The maximum absolute atomic E-state index is 13.3. The maximum Gasteiger partial charge on any atom is 0.254 e. The molecule has 2 rings (SSSR count). The molecule has 2 atom stereocenters. The van der Waals surface area contributed by atoms with Crippen LogP contribution in [0.25, 0.3) is 0 Å². The van der Waals surface area contributed by atoms with E-state index in [9.17, 15) is 9.18 Å². The molecule has 18 heavy (non-hydrogen) atoms. The van der Waals surface area contributed by atoms with Crippen molar-refractivity contribution in [2.45, 2.75) is 19.4 Å². The first kappa shape index (κ1) is 13.5. The molecule has 2 N–H and O–H groups in total. The van der Waals surface area contributed by atoms with Crippen molar-refractivity contribution in [2.24, 2.45) is 11.7 Å². The van der Waals surface area contributed by atoms with E-state index in [0.717, 1.165) is 6.42 Å². The molecule has 1 aromatic carbocycles. The number of hydrogen-bond donors (Lipinski definition) is 1. The van der Waals surface area contributed by atoms with Gasteiger partial charge in [0.05, 0.1) is 0 Å². The monoisotopic (exact) mass is 314 g/mol. The summed E-state index contributed by atoms with van der Waals surface area (Å²) >= 11 is 3.19. The van der Waals surface area contributed by atoms with Crippen LogP contribution in [0, 0.1) is 11.7 Å². The minimum Gasteiger partial charge on any atom is -0.337 e. The number of likely N-dealkylation sites (tertiary alicyclic amines) is 1. The zero-order valence-corrected chi connectivity index (χ0v) is 11.8. The van der Waals surface area contributed by atoms with Crippen molar-refractivity contribution in [1.29, 1.82) is 0 Å². The molecule has 98 valence electrons. The van der Waals surface area contributed by atoms with Crippen molar-refractivity contribution in [3.8, 4) is 0 Å². The lowest BCUT2D eigenvalue weighted by Gasteiger charge is -2.35. The van der Waals surface area contributed by atoms with Crippen LogP contribution in [0.15, 0.2) is 22.7 Å². The number of carbonyl (C=O) groups is 1. The Hall–Kier alpha value is -0.940. The second kappa shape index (κ2) is 5.36. The van der Waals surface area contributed by atoms with Crippen LogP contribution in [0.2, 0.25) is 0 Å². The third-order valence-electron chi connectivity index (χ3n) is 3.41. The van der Waals surface area contributed by atoms with E-state index in [0.29, 0.717) is 29.0 Å². The SMILES string of the molecule is CC1CCN(C(=O)c2cc(F)cc(Br)c2)CC1N. The second-order valence-corrected chi connectivity index (χ2v) is 5.75. The van der Waals surface area contributed by atoms with Crippen molar-refractivity contribution >= 4 is 21.8 Å². The Kier molecular flexibility index (Phi) is 4.02. The summed E-state index contributed by atoms with van der Waals surface area (Å²) < 4.78 is 13.8. The molecule has 0 spiro atoms. The number of hydrogen-bond acceptors (Lipinski definition) is 2. The predicted octanol–water partition coefficient (Wildman–Crippen LogP) is 2.40. The van der Waals surface area contributed by atoms with Gasteiger partial charge in [-0.15, -0.1) is 0 Å². The van der Waals surface area contributed by atoms with Crippen LogP contribution in [-0.4, -0.2) is 29.9 Å². The quantitative estimate of drug-likeness (QED) is 0.865. The Morgan fingerprint density at radius 2 is 2.22 bits per heavy atom. The Morgan fingerprint density at radius 1 is 1.50 bits per heavy atom. The summed E-state index contributed by atoms with van der Waals surface area (Å²) in [6, 6.07) is 4.23. The average molecular weight is 315 g/mol. The van der Waals surface area contributed by atoms with Gasteiger partial charge >= 0.3 is 0 Å². The number of amides is 1. The van der Waals surface area contributed by atoms with Crippen LogP contribution in [-0.2, 0) is 0 Å². The molecule has 2 unspecified atom stereocenters. The molecule has 1 fully saturated rings. The Bertz CT molecular complexity index is 446. The van der Waals surface area contributed by atoms with Crippen molar-refractivity contribution in [3.05, 3.63) is 34.1 Å². The fourth-order valence-corrected chi connectivity index (χ4v) is 2.61. The second-order valence-electron chi connectivity index (χ2n) is 4.84. The van der Waals surface area contributed by atoms with Gasteiger partial charge in [-0.25, -0.2) is 4.39 Å². The van der Waals surface area contributed by atoms with E-state index in [1.807, 2.05) is 0 Å². The summed E-state index contributed by atoms with van der Waals surface area (Å²) in [5.74, 6) is -0.145. The molecule has 0 radical (unpaired) electrons. The smallest absolute Gasteiger partial charge is 0.254 e. The summed E-state index contributed by atoms with van der Waals surface area (Å²) in [5, 5.41) is 0. The minimum atomic E-state index is -0.414. The summed E-state index contributed by atoms with van der Waals surface area (Å²) in [7, 11) is 0. The first-order valence-corrected chi connectivity index (χ1v) is 6.77. The topological polar surface area (TPSA) is 46.3 Å². The number of carbonyl (C=O) groups excluding carboxylic acids is 1. The summed E-state index contributed by atoms with van der Waals surface area (Å²) in [6.07, 6.45) is 0.892. The van der Waals surface area contributed by atoms with Gasteiger partial charge in [-0.2, -0.15) is 0 Å². The zero-order chi connectivity index (χ0) is 13.3. The van der Waals surface area contributed by atoms with Crippen molar-refractivity contribution in [3.63, 3.8) is 0 Å². The molecule has 0 aliphatic carbocycles. The third kappa shape index (κ3) is 2.90. The van der Waals surface area contributed by atoms with Crippen LogP contribution in [0.1, 0.15) is 23.7 Å². The first-order chi connectivity index (χ1) is 8.47. The molecular formula is C13H16BrFN2O. The Balaban J connectivity index is 2.16. The maximum atomic E-state index is 13.3. The van der Waals surface area contributed by atoms with E-state index in [-0.39, 0.29) is 11.9 Å². The Labute approximate surface area is 114 Å². The van der Waals surface area contributed by atoms with Gasteiger partial charge in [0.2, 0.25) is 0 Å². The first-order valence-electron chi connectivity index (χ1n) is 5.98. The molecule has 1 saturated heterocycles. The molecular weight excluding hydrogens is 299 g/mol. The summed E-state index contributed by atoms with van der Waals surface area (Å²) in [5.41, 5.74) is 6.33. The number of nitrogens with two attached hydrogens (primary N) is 1. The normalized spacial score (nSPS) is 24.1. The average Bonchev–Trinajstić information content (AvgIpc) is 2.30. The molecule has 1 heterocycles. The highest BCUT2D eigenvalue weighted by atomic mass is 79.9. The highest BCUT2D eigenvalue weighted by Gasteiger charge is 2.27. The lowest BCUT2D eigenvalue weighted by molar-refractivity contribution is 0.0672. The van der Waals surface area contributed by atoms with E-state index in [1.54, 1.807) is 11.0 Å². The predicted molar refractivity (Wildman–Crippen MR) is 71.8 cm³/mol. The number of halogens is 2. The molecule has 3 nitrogen and oxygen atoms in total. The minimum absolute atomic E-state index is 0.000278. The van der Waals surface area contributed by atoms with Crippen LogP contribution in [0.4, 0.5) is 4.39 Å². The van der Waals surface area contributed by atoms with E-state index in [1.165, 1.54) is 12.1 Å². The molecule has 0 saturated carbocycles. The fourth-order valence-electron chi connectivity index (χ4n) is 2.14. The van der Waals surface area contributed by atoms with Crippen LogP contribution in [0.5, 0.6) is 0 Å². The number of benzene rings is 1. The standard InChI is InChI=1S/C13H16BrFN2O/c1-8-2-3-17(7-12(8)16)13(18)9-4-10(14)6-11(15)5-9/h4-6,8,12H,2-3,7,16H2,1H3. The zero-order valence-electron chi connectivity index (χ0n) is 10.2. The van der Waals surface area contributed by atoms with Gasteiger partial charge in [0, 0.05) is 29.2 Å². The fraction of sp³-hybridized carbons (Fsp3) is 0.462. The van der Waals surface area contributed by atoms with Gasteiger partial charge in [0.25, 0.3) is 5.91 Å². The summed E-state index contributed by atoms with van der Waals surface area (Å²) in [4.78, 5) is 13.9. The lowest BCUT2D eigenvalue weighted by atomic mass is 9.94. The molecule has 0 aromatic heterocycles. The summed E-state index contributed by atoms with van der Waals surface area (Å²) in [6.45, 7) is 3.31. The van der Waals surface area contributed by atoms with E-state index < -0.39 is 5.82 Å². The van der Waals surface area contributed by atoms with Crippen molar-refractivity contribution in [1.82, 2.24) is 4.90 Å². The van der Waals surface area contributed by atoms with Crippen LogP contribution in [0.3, 0.4) is 0 Å². The van der Waals surface area contributed by atoms with E-state index in [2.05, 4.69) is 22.9 Å². The molecule has 5 heteroatoms. The highest BCUT2D eigenvalue weighted by Crippen LogP contribution is 2.20. The number of piperidine rings is 1. The van der Waals surface area contributed by atoms with E-state index in [4.69, 9.17) is 5.73 Å². The van der Waals surface area contributed by atoms with Crippen molar-refractivity contribution in [2.75, 3.05) is 13.1 Å². The number of nitrogens with zero attached hydrogens (tertiary/aromatic N) is 1. The largest absolute Gasteiger partial charge is 0.337 e. The Morgan fingerprint density at radius 3 is 2.83 bits per heavy atom. The van der Waals surface area contributed by atoms with Gasteiger partial charge in [0.15, 0.2) is 0 Å². The van der Waals surface area contributed by atoms with Crippen LogP contribution < -0.4 is 5.73 Å². The highest BCUT2D eigenvalue weighted by molar-refractivity contribution is 9.10. The van der Waals surface area contributed by atoms with Gasteiger partial charge in [-0.1, -0.05) is 22.9 Å². The molecule has 1 amide bonds. The van der Waals surface area contributed by atoms with Gasteiger partial charge in [-0.3, -0.25) is 4.79 Å². The van der Waals surface area contributed by atoms with Crippen LogP contribution >= 0.6 is 15.9 Å². The van der Waals surface area contributed by atoms with Gasteiger partial charge < -0.3 is 10.6 Å². The lowest BCUT2D eigenvalue weighted by Crippen LogP contribution is -2.49. The molecule has 1 aromatic rings. The van der Waals surface area contributed by atoms with Crippen molar-refractivity contribution < 1.29 is 9.18 Å². The molecule has 1 aliphatic rings. The third-order valence-corrected chi connectivity index (χ3v) is 3.87. The molecule has 0 bridgehead atoms.